The van der Waals surface area contributed by atoms with E-state index >= 15 is 0 Å². The molecule has 5 aromatic rings. The molecular formula is C41H37F3N2O7S2. The number of benzene rings is 5. The van der Waals surface area contributed by atoms with Gasteiger partial charge < -0.3 is 10.0 Å². The monoisotopic (exact) mass is 790 g/mol. The molecule has 1 N–H and O–H groups in total. The Balaban J connectivity index is 1.32. The fourth-order valence-electron chi connectivity index (χ4n) is 6.72. The molecule has 286 valence electrons. The fourth-order valence-corrected chi connectivity index (χ4v) is 9.04. The Morgan fingerprint density at radius 3 is 1.78 bits per heavy atom. The zero-order valence-corrected chi connectivity index (χ0v) is 31.2. The van der Waals surface area contributed by atoms with Gasteiger partial charge in [-0.2, -0.15) is 17.5 Å². The van der Waals surface area contributed by atoms with Crippen molar-refractivity contribution in [3.63, 3.8) is 0 Å². The summed E-state index contributed by atoms with van der Waals surface area (Å²) in [6.45, 7) is -0.164. The summed E-state index contributed by atoms with van der Waals surface area (Å²) in [5.74, 6) is -1.97. The zero-order chi connectivity index (χ0) is 39.5. The van der Waals surface area contributed by atoms with Gasteiger partial charge in [0, 0.05) is 37.4 Å². The van der Waals surface area contributed by atoms with E-state index in [0.29, 0.717) is 29.5 Å². The van der Waals surface area contributed by atoms with Gasteiger partial charge in [0.1, 0.15) is 6.04 Å². The number of carboxylic acid groups (broad SMARTS) is 1. The van der Waals surface area contributed by atoms with Crippen molar-refractivity contribution in [2.45, 2.75) is 47.3 Å². The maximum atomic E-state index is 14.4. The van der Waals surface area contributed by atoms with E-state index in [0.717, 1.165) is 29.5 Å². The van der Waals surface area contributed by atoms with Gasteiger partial charge >= 0.3 is 12.1 Å². The number of amides is 1. The van der Waals surface area contributed by atoms with Crippen LogP contribution in [0.15, 0.2) is 137 Å². The number of nitrogens with zero attached hydrogens (tertiary/aromatic N) is 2. The van der Waals surface area contributed by atoms with Gasteiger partial charge in [-0.3, -0.25) is 4.79 Å². The van der Waals surface area contributed by atoms with Crippen molar-refractivity contribution >= 4 is 31.7 Å². The molecule has 1 aliphatic rings. The van der Waals surface area contributed by atoms with Crippen molar-refractivity contribution in [1.29, 1.82) is 0 Å². The highest BCUT2D eigenvalue weighted by molar-refractivity contribution is 7.90. The number of sulfone groups is 1. The SMILES string of the molecule is CS(=O)(=O)c1ccc(S(=O)(=O)N2CCC[C@H]2CN(C(=O)c2ccc(-c3ccc(C(F)(F)F)cc3)cc2)[C@@H](Cc2ccc(-c3ccccc3)cc2)C(=O)O)cc1. The van der Waals surface area contributed by atoms with E-state index in [9.17, 15) is 44.7 Å². The van der Waals surface area contributed by atoms with Gasteiger partial charge in [-0.25, -0.2) is 21.6 Å². The Kier molecular flexibility index (Phi) is 11.3. The number of halogens is 3. The molecular weight excluding hydrogens is 754 g/mol. The highest BCUT2D eigenvalue weighted by Crippen LogP contribution is 2.32. The first-order chi connectivity index (χ1) is 26.0. The van der Waals surface area contributed by atoms with E-state index in [-0.39, 0.29) is 34.9 Å². The number of aliphatic carboxylic acids is 1. The second-order valence-corrected chi connectivity index (χ2v) is 17.3. The number of carboxylic acids is 1. The van der Waals surface area contributed by atoms with E-state index in [2.05, 4.69) is 0 Å². The van der Waals surface area contributed by atoms with E-state index in [1.54, 1.807) is 24.3 Å². The lowest BCUT2D eigenvalue weighted by atomic mass is 9.98. The van der Waals surface area contributed by atoms with Gasteiger partial charge in [-0.1, -0.05) is 78.9 Å². The van der Waals surface area contributed by atoms with Gasteiger partial charge in [0.05, 0.1) is 15.4 Å². The van der Waals surface area contributed by atoms with E-state index in [1.165, 1.54) is 57.7 Å². The topological polar surface area (TPSA) is 129 Å². The van der Waals surface area contributed by atoms with Crippen molar-refractivity contribution in [1.82, 2.24) is 9.21 Å². The molecule has 0 aliphatic carbocycles. The molecule has 1 heterocycles. The summed E-state index contributed by atoms with van der Waals surface area (Å²) in [6.07, 6.45) is -2.81. The molecule has 0 unspecified atom stereocenters. The fraction of sp³-hybridized carbons (Fsp3) is 0.220. The Hall–Kier alpha value is -5.31. The molecule has 55 heavy (non-hydrogen) atoms. The Bertz CT molecular complexity index is 2370. The number of hydrogen-bond donors (Lipinski definition) is 1. The second-order valence-electron chi connectivity index (χ2n) is 13.4. The third-order valence-corrected chi connectivity index (χ3v) is 12.8. The van der Waals surface area contributed by atoms with Crippen molar-refractivity contribution in [2.75, 3.05) is 19.3 Å². The van der Waals surface area contributed by atoms with Crippen LogP contribution in [0.3, 0.4) is 0 Å². The first kappa shape index (κ1) is 39.4. The van der Waals surface area contributed by atoms with Crippen LogP contribution in [-0.4, -0.2) is 74.5 Å². The van der Waals surface area contributed by atoms with Crippen LogP contribution in [0.1, 0.15) is 34.3 Å². The first-order valence-corrected chi connectivity index (χ1v) is 20.6. The standard InChI is InChI=1S/C41H37F3N2O7S2/c1-54(50,51)36-21-23-37(24-22-36)55(52,53)46-25-5-8-35(46)27-45(38(40(48)49)26-28-9-11-30(12-10-28)29-6-3-2-4-7-29)39(47)33-15-13-31(14-16-33)32-17-19-34(20-18-32)41(42,43)44/h2-4,6-7,9-24,35,38H,5,8,25-27H2,1H3,(H,48,49)/t35-,38-/m0/s1. The summed E-state index contributed by atoms with van der Waals surface area (Å²) in [6, 6.07) is 30.1. The Morgan fingerprint density at radius 1 is 0.745 bits per heavy atom. The summed E-state index contributed by atoms with van der Waals surface area (Å²) >= 11 is 0. The molecule has 6 rings (SSSR count). The minimum Gasteiger partial charge on any atom is -0.480 e. The molecule has 1 saturated heterocycles. The summed E-state index contributed by atoms with van der Waals surface area (Å²) in [4.78, 5) is 28.4. The van der Waals surface area contributed by atoms with Crippen molar-refractivity contribution in [3.8, 4) is 22.3 Å². The number of sulfonamides is 1. The molecule has 0 bridgehead atoms. The predicted octanol–water partition coefficient (Wildman–Crippen LogP) is 7.43. The molecule has 14 heteroatoms. The lowest BCUT2D eigenvalue weighted by Gasteiger charge is -2.34. The van der Waals surface area contributed by atoms with Crippen LogP contribution in [0.5, 0.6) is 0 Å². The molecule has 1 amide bonds. The molecule has 5 aromatic carbocycles. The predicted molar refractivity (Wildman–Crippen MR) is 201 cm³/mol. The average molecular weight is 791 g/mol. The molecule has 1 fully saturated rings. The van der Waals surface area contributed by atoms with E-state index < -0.39 is 55.6 Å². The lowest BCUT2D eigenvalue weighted by molar-refractivity contribution is -0.142. The minimum absolute atomic E-state index is 0.0494. The molecule has 2 atom stereocenters. The van der Waals surface area contributed by atoms with Crippen LogP contribution >= 0.6 is 0 Å². The third-order valence-electron chi connectivity index (χ3n) is 9.68. The smallest absolute Gasteiger partial charge is 0.416 e. The summed E-state index contributed by atoms with van der Waals surface area (Å²) in [5.41, 5.74) is 2.81. The van der Waals surface area contributed by atoms with Crippen LogP contribution in [0.2, 0.25) is 0 Å². The van der Waals surface area contributed by atoms with Crippen LogP contribution in [-0.2, 0) is 37.3 Å². The molecule has 0 spiro atoms. The van der Waals surface area contributed by atoms with E-state index in [4.69, 9.17) is 0 Å². The van der Waals surface area contributed by atoms with Crippen LogP contribution < -0.4 is 0 Å². The van der Waals surface area contributed by atoms with Gasteiger partial charge in [0.25, 0.3) is 5.91 Å². The molecule has 0 saturated carbocycles. The average Bonchev–Trinajstić information content (AvgIpc) is 3.65. The normalized spacial score (nSPS) is 15.7. The number of carbonyl (C=O) groups excluding carboxylic acids is 1. The van der Waals surface area contributed by atoms with E-state index in [1.807, 2.05) is 42.5 Å². The highest BCUT2D eigenvalue weighted by Gasteiger charge is 2.40. The summed E-state index contributed by atoms with van der Waals surface area (Å²) in [5, 5.41) is 10.6. The highest BCUT2D eigenvalue weighted by atomic mass is 32.2. The maximum Gasteiger partial charge on any atom is 0.416 e. The minimum atomic E-state index is -4.50. The van der Waals surface area contributed by atoms with Gasteiger partial charge in [0.15, 0.2) is 9.84 Å². The molecule has 0 aromatic heterocycles. The van der Waals surface area contributed by atoms with Gasteiger partial charge in [-0.15, -0.1) is 0 Å². The van der Waals surface area contributed by atoms with Gasteiger partial charge in [-0.05, 0) is 89.2 Å². The quantitative estimate of drug-likeness (QED) is 0.139. The number of alkyl halides is 3. The van der Waals surface area contributed by atoms with Crippen molar-refractivity contribution < 1.29 is 44.7 Å². The van der Waals surface area contributed by atoms with Crippen molar-refractivity contribution in [2.24, 2.45) is 0 Å². The first-order valence-electron chi connectivity index (χ1n) is 17.3. The largest absolute Gasteiger partial charge is 0.480 e. The molecule has 0 radical (unpaired) electrons. The zero-order valence-electron chi connectivity index (χ0n) is 29.6. The Morgan fingerprint density at radius 2 is 1.25 bits per heavy atom. The van der Waals surface area contributed by atoms with Crippen LogP contribution in [0, 0.1) is 0 Å². The lowest BCUT2D eigenvalue weighted by Crippen LogP contribution is -2.52. The number of hydrogen-bond acceptors (Lipinski definition) is 6. The molecule has 9 nitrogen and oxygen atoms in total. The maximum absolute atomic E-state index is 14.4. The van der Waals surface area contributed by atoms with Crippen LogP contribution in [0.4, 0.5) is 13.2 Å². The third kappa shape index (κ3) is 8.98. The number of rotatable bonds is 12. The Labute approximate surface area is 317 Å². The van der Waals surface area contributed by atoms with Crippen LogP contribution in [0.25, 0.3) is 22.3 Å². The number of carbonyl (C=O) groups is 2. The summed E-state index contributed by atoms with van der Waals surface area (Å²) in [7, 11) is -7.77. The summed E-state index contributed by atoms with van der Waals surface area (Å²) < 4.78 is 92.4. The van der Waals surface area contributed by atoms with Gasteiger partial charge in [0.2, 0.25) is 10.0 Å². The molecule has 1 aliphatic heterocycles. The van der Waals surface area contributed by atoms with Crippen molar-refractivity contribution in [3.05, 3.63) is 144 Å². The second kappa shape index (κ2) is 15.8.